The van der Waals surface area contributed by atoms with E-state index in [1.807, 2.05) is 19.1 Å². The van der Waals surface area contributed by atoms with Crippen LogP contribution in [0, 0.1) is 0 Å². The van der Waals surface area contributed by atoms with Crippen molar-refractivity contribution < 1.29 is 19.1 Å². The molecule has 0 spiro atoms. The minimum atomic E-state index is -0.208. The summed E-state index contributed by atoms with van der Waals surface area (Å²) in [4.78, 5) is 22.4. The van der Waals surface area contributed by atoms with Crippen LogP contribution in [0.4, 0.5) is 0 Å². The predicted molar refractivity (Wildman–Crippen MR) is 80.4 cm³/mol. The van der Waals surface area contributed by atoms with Gasteiger partial charge in [0.05, 0.1) is 20.1 Å². The van der Waals surface area contributed by atoms with Gasteiger partial charge in [-0.2, -0.15) is 11.8 Å². The van der Waals surface area contributed by atoms with Gasteiger partial charge in [0.25, 0.3) is 0 Å². The van der Waals surface area contributed by atoms with Gasteiger partial charge in [-0.05, 0) is 32.0 Å². The van der Waals surface area contributed by atoms with E-state index in [1.165, 1.54) is 7.11 Å². The van der Waals surface area contributed by atoms with E-state index in [-0.39, 0.29) is 11.8 Å². The summed E-state index contributed by atoms with van der Waals surface area (Å²) in [6.45, 7) is 4.05. The molecule has 0 radical (unpaired) electrons. The Labute approximate surface area is 123 Å². The van der Waals surface area contributed by atoms with E-state index in [2.05, 4.69) is 4.74 Å². The summed E-state index contributed by atoms with van der Waals surface area (Å²) in [5, 5.41) is 0. The number of ether oxygens (including phenoxy) is 2. The van der Waals surface area contributed by atoms with Crippen molar-refractivity contribution in [3.63, 3.8) is 0 Å². The SMILES string of the molecule is CCOc1ccc(C(C)=O)cc1CSCCC(=O)OC. The topological polar surface area (TPSA) is 52.6 Å². The monoisotopic (exact) mass is 296 g/mol. The lowest BCUT2D eigenvalue weighted by Crippen LogP contribution is -2.02. The fourth-order valence-electron chi connectivity index (χ4n) is 1.65. The number of methoxy groups -OCH3 is 1. The van der Waals surface area contributed by atoms with E-state index >= 15 is 0 Å². The van der Waals surface area contributed by atoms with E-state index in [0.717, 1.165) is 11.3 Å². The number of hydrogen-bond acceptors (Lipinski definition) is 5. The van der Waals surface area contributed by atoms with Crippen molar-refractivity contribution in [2.24, 2.45) is 0 Å². The number of carbonyl (C=O) groups is 2. The fraction of sp³-hybridized carbons (Fsp3) is 0.467. The Balaban J connectivity index is 2.67. The van der Waals surface area contributed by atoms with Crippen molar-refractivity contribution in [2.75, 3.05) is 19.5 Å². The number of ketones is 1. The third kappa shape index (κ3) is 5.25. The molecule has 0 aliphatic rings. The lowest BCUT2D eigenvalue weighted by atomic mass is 10.1. The lowest BCUT2D eigenvalue weighted by Gasteiger charge is -2.11. The molecular formula is C15H20O4S. The van der Waals surface area contributed by atoms with Crippen LogP contribution >= 0.6 is 11.8 Å². The van der Waals surface area contributed by atoms with Gasteiger partial charge in [-0.1, -0.05) is 0 Å². The Hall–Kier alpha value is -1.49. The summed E-state index contributed by atoms with van der Waals surface area (Å²) in [5.41, 5.74) is 1.66. The van der Waals surface area contributed by atoms with Gasteiger partial charge in [0.2, 0.25) is 0 Å². The highest BCUT2D eigenvalue weighted by Gasteiger charge is 2.08. The van der Waals surface area contributed by atoms with E-state index < -0.39 is 0 Å². The molecule has 0 saturated carbocycles. The van der Waals surface area contributed by atoms with E-state index in [9.17, 15) is 9.59 Å². The van der Waals surface area contributed by atoms with Crippen LogP contribution in [0.25, 0.3) is 0 Å². The van der Waals surface area contributed by atoms with Crippen LogP contribution < -0.4 is 4.74 Å². The van der Waals surface area contributed by atoms with Crippen LogP contribution in [0.5, 0.6) is 5.75 Å². The molecule has 1 aromatic carbocycles. The summed E-state index contributed by atoms with van der Waals surface area (Å²) >= 11 is 1.62. The third-order valence-electron chi connectivity index (χ3n) is 2.70. The van der Waals surface area contributed by atoms with Gasteiger partial charge in [0, 0.05) is 22.6 Å². The number of rotatable bonds is 8. The highest BCUT2D eigenvalue weighted by Crippen LogP contribution is 2.25. The van der Waals surface area contributed by atoms with Gasteiger partial charge < -0.3 is 9.47 Å². The molecule has 0 fully saturated rings. The second kappa shape index (κ2) is 8.64. The zero-order valence-corrected chi connectivity index (χ0v) is 12.9. The summed E-state index contributed by atoms with van der Waals surface area (Å²) in [6.07, 6.45) is 0.386. The highest BCUT2D eigenvalue weighted by molar-refractivity contribution is 7.98. The molecule has 1 rings (SSSR count). The second-order valence-corrected chi connectivity index (χ2v) is 5.30. The number of carbonyl (C=O) groups excluding carboxylic acids is 2. The molecule has 0 heterocycles. The van der Waals surface area contributed by atoms with Gasteiger partial charge in [0.1, 0.15) is 5.75 Å². The van der Waals surface area contributed by atoms with Crippen molar-refractivity contribution in [3.8, 4) is 5.75 Å². The highest BCUT2D eigenvalue weighted by atomic mass is 32.2. The van der Waals surface area contributed by atoms with Gasteiger partial charge in [-0.25, -0.2) is 0 Å². The average Bonchev–Trinajstić information content (AvgIpc) is 2.44. The van der Waals surface area contributed by atoms with Crippen LogP contribution in [0.2, 0.25) is 0 Å². The molecule has 1 aromatic rings. The molecule has 0 N–H and O–H groups in total. The maximum atomic E-state index is 11.4. The first-order valence-electron chi connectivity index (χ1n) is 6.49. The predicted octanol–water partition coefficient (Wildman–Crippen LogP) is 3.08. The minimum absolute atomic E-state index is 0.0360. The normalized spacial score (nSPS) is 10.2. The van der Waals surface area contributed by atoms with Crippen LogP contribution in [0.1, 0.15) is 36.2 Å². The molecule has 0 amide bonds. The van der Waals surface area contributed by atoms with Crippen LogP contribution in [0.15, 0.2) is 18.2 Å². The lowest BCUT2D eigenvalue weighted by molar-refractivity contribution is -0.140. The van der Waals surface area contributed by atoms with Gasteiger partial charge in [-0.3, -0.25) is 9.59 Å². The smallest absolute Gasteiger partial charge is 0.306 e. The molecule has 0 aliphatic heterocycles. The number of benzene rings is 1. The molecule has 0 atom stereocenters. The molecule has 0 saturated heterocycles. The van der Waals surface area contributed by atoms with Crippen LogP contribution in [-0.2, 0) is 15.3 Å². The second-order valence-electron chi connectivity index (χ2n) is 4.19. The first-order valence-corrected chi connectivity index (χ1v) is 7.65. The molecule has 0 unspecified atom stereocenters. The fourth-order valence-corrected chi connectivity index (χ4v) is 2.55. The molecule has 0 aromatic heterocycles. The molecule has 0 aliphatic carbocycles. The zero-order valence-electron chi connectivity index (χ0n) is 12.1. The van der Waals surface area contributed by atoms with Crippen molar-refractivity contribution in [1.29, 1.82) is 0 Å². The maximum Gasteiger partial charge on any atom is 0.306 e. The van der Waals surface area contributed by atoms with E-state index in [4.69, 9.17) is 4.74 Å². The molecule has 4 nitrogen and oxygen atoms in total. The quantitative estimate of drug-likeness (QED) is 0.419. The number of hydrogen-bond donors (Lipinski definition) is 0. The van der Waals surface area contributed by atoms with Crippen molar-refractivity contribution in [2.45, 2.75) is 26.0 Å². The standard InChI is InChI=1S/C15H20O4S/c1-4-19-14-6-5-12(11(2)16)9-13(14)10-20-8-7-15(17)18-3/h5-6,9H,4,7-8,10H2,1-3H3. The Morgan fingerprint density at radius 3 is 2.65 bits per heavy atom. The van der Waals surface area contributed by atoms with Crippen molar-refractivity contribution >= 4 is 23.5 Å². The van der Waals surface area contributed by atoms with Crippen molar-refractivity contribution in [1.82, 2.24) is 0 Å². The number of esters is 1. The van der Waals surface area contributed by atoms with Gasteiger partial charge in [0.15, 0.2) is 5.78 Å². The number of Topliss-reactive ketones (excluding diaryl/α,β-unsaturated/α-hetero) is 1. The van der Waals surface area contributed by atoms with Gasteiger partial charge in [-0.15, -0.1) is 0 Å². The first kappa shape index (κ1) is 16.6. The molecule has 0 bridgehead atoms. The Morgan fingerprint density at radius 2 is 2.05 bits per heavy atom. The average molecular weight is 296 g/mol. The van der Waals surface area contributed by atoms with E-state index in [1.54, 1.807) is 24.8 Å². The molecular weight excluding hydrogens is 276 g/mol. The summed E-state index contributed by atoms with van der Waals surface area (Å²) in [5.74, 6) is 2.01. The maximum absolute atomic E-state index is 11.4. The van der Waals surface area contributed by atoms with Crippen LogP contribution in [-0.4, -0.2) is 31.2 Å². The summed E-state index contributed by atoms with van der Waals surface area (Å²) < 4.78 is 10.1. The summed E-state index contributed by atoms with van der Waals surface area (Å²) in [7, 11) is 1.39. The molecule has 110 valence electrons. The summed E-state index contributed by atoms with van der Waals surface area (Å²) in [6, 6.07) is 5.46. The molecule has 5 heteroatoms. The Bertz CT molecular complexity index is 471. The minimum Gasteiger partial charge on any atom is -0.494 e. The first-order chi connectivity index (χ1) is 9.58. The zero-order chi connectivity index (χ0) is 15.0. The van der Waals surface area contributed by atoms with Crippen molar-refractivity contribution in [3.05, 3.63) is 29.3 Å². The van der Waals surface area contributed by atoms with Crippen LogP contribution in [0.3, 0.4) is 0 Å². The largest absolute Gasteiger partial charge is 0.494 e. The Kier molecular flexibility index (Phi) is 7.15. The van der Waals surface area contributed by atoms with E-state index in [0.29, 0.717) is 30.1 Å². The van der Waals surface area contributed by atoms with Gasteiger partial charge >= 0.3 is 5.97 Å². The number of thioether (sulfide) groups is 1. The Morgan fingerprint density at radius 1 is 1.30 bits per heavy atom. The third-order valence-corrected chi connectivity index (χ3v) is 3.71. The molecule has 20 heavy (non-hydrogen) atoms.